The van der Waals surface area contributed by atoms with Crippen LogP contribution in [0, 0.1) is 11.3 Å². The van der Waals surface area contributed by atoms with Gasteiger partial charge in [0.15, 0.2) is 6.61 Å². The fourth-order valence-corrected chi connectivity index (χ4v) is 3.67. The molecule has 0 saturated heterocycles. The minimum atomic E-state index is -0.619. The van der Waals surface area contributed by atoms with Gasteiger partial charge in [-0.15, -0.1) is 11.8 Å². The maximum atomic E-state index is 12.1. The van der Waals surface area contributed by atoms with E-state index in [4.69, 9.17) is 10.00 Å². The Labute approximate surface area is 166 Å². The second kappa shape index (κ2) is 9.06. The Hall–Kier alpha value is -3.31. The van der Waals surface area contributed by atoms with E-state index in [1.54, 1.807) is 30.3 Å². The van der Waals surface area contributed by atoms with E-state index in [0.29, 0.717) is 12.1 Å². The highest BCUT2D eigenvalue weighted by Crippen LogP contribution is 2.36. The molecule has 0 spiro atoms. The molecule has 8 heteroatoms. The van der Waals surface area contributed by atoms with Crippen LogP contribution in [-0.4, -0.2) is 29.6 Å². The lowest BCUT2D eigenvalue weighted by molar-refractivity contribution is -0.147. The number of para-hydroxylation sites is 1. The second-order valence-corrected chi connectivity index (χ2v) is 7.28. The van der Waals surface area contributed by atoms with Crippen LogP contribution in [0.1, 0.15) is 12.0 Å². The highest BCUT2D eigenvalue weighted by molar-refractivity contribution is 8.01. The van der Waals surface area contributed by atoms with Gasteiger partial charge in [0.25, 0.3) is 5.91 Å². The van der Waals surface area contributed by atoms with E-state index in [1.807, 2.05) is 24.3 Å². The number of hydrogen-bond acceptors (Lipinski definition) is 6. The lowest BCUT2D eigenvalue weighted by Crippen LogP contribution is -2.32. The molecule has 0 fully saturated rings. The fourth-order valence-electron chi connectivity index (χ4n) is 2.58. The summed E-state index contributed by atoms with van der Waals surface area (Å²) in [5.41, 5.74) is 2.11. The first-order valence-electron chi connectivity index (χ1n) is 8.53. The normalized spacial score (nSPS) is 15.0. The van der Waals surface area contributed by atoms with Gasteiger partial charge in [-0.1, -0.05) is 24.3 Å². The number of anilines is 2. The Morgan fingerprint density at radius 3 is 2.68 bits per heavy atom. The predicted molar refractivity (Wildman–Crippen MR) is 105 cm³/mol. The lowest BCUT2D eigenvalue weighted by Gasteiger charge is -2.23. The van der Waals surface area contributed by atoms with Crippen LogP contribution in [0.15, 0.2) is 53.4 Å². The second-order valence-electron chi connectivity index (χ2n) is 6.04. The lowest BCUT2D eigenvalue weighted by atomic mass is 10.1. The Morgan fingerprint density at radius 2 is 1.93 bits per heavy atom. The van der Waals surface area contributed by atoms with Crippen LogP contribution in [-0.2, 0) is 25.5 Å². The topological polar surface area (TPSA) is 108 Å². The van der Waals surface area contributed by atoms with E-state index in [0.717, 1.165) is 16.1 Å². The van der Waals surface area contributed by atoms with Crippen molar-refractivity contribution in [1.82, 2.24) is 0 Å². The van der Waals surface area contributed by atoms with Crippen LogP contribution in [0.2, 0.25) is 0 Å². The molecule has 1 aliphatic heterocycles. The number of nitrogens with one attached hydrogen (secondary N) is 2. The van der Waals surface area contributed by atoms with Crippen LogP contribution < -0.4 is 10.6 Å². The summed E-state index contributed by atoms with van der Waals surface area (Å²) >= 11 is 1.30. The number of carbonyl (C=O) groups excluding carboxylic acids is 3. The zero-order chi connectivity index (χ0) is 19.9. The van der Waals surface area contributed by atoms with Gasteiger partial charge in [0.2, 0.25) is 5.91 Å². The summed E-state index contributed by atoms with van der Waals surface area (Å²) in [5, 5.41) is 13.4. The number of carbonyl (C=O) groups is 3. The van der Waals surface area contributed by atoms with Crippen molar-refractivity contribution in [2.75, 3.05) is 17.2 Å². The van der Waals surface area contributed by atoms with Crippen LogP contribution in [0.25, 0.3) is 0 Å². The van der Waals surface area contributed by atoms with E-state index in [9.17, 15) is 14.4 Å². The number of ether oxygens (including phenoxy) is 1. The minimum absolute atomic E-state index is 0.124. The van der Waals surface area contributed by atoms with Gasteiger partial charge in [0, 0.05) is 10.6 Å². The molecule has 2 aromatic rings. The molecule has 1 heterocycles. The Kier molecular flexibility index (Phi) is 6.29. The molecule has 142 valence electrons. The number of amides is 2. The Bertz CT molecular complexity index is 937. The van der Waals surface area contributed by atoms with E-state index < -0.39 is 23.7 Å². The van der Waals surface area contributed by atoms with Gasteiger partial charge in [0.05, 0.1) is 29.8 Å². The largest absolute Gasteiger partial charge is 0.456 e. The molecule has 0 aromatic heterocycles. The van der Waals surface area contributed by atoms with Gasteiger partial charge in [0.1, 0.15) is 0 Å². The van der Waals surface area contributed by atoms with Crippen LogP contribution in [0.3, 0.4) is 0 Å². The molecule has 7 nitrogen and oxygen atoms in total. The molecule has 2 amide bonds. The number of benzene rings is 2. The number of esters is 1. The number of thioether (sulfide) groups is 1. The number of fused-ring (bicyclic) bond motifs is 1. The first kappa shape index (κ1) is 19.5. The highest BCUT2D eigenvalue weighted by atomic mass is 32.2. The molecule has 2 aromatic carbocycles. The van der Waals surface area contributed by atoms with Crippen LogP contribution in [0.5, 0.6) is 0 Å². The van der Waals surface area contributed by atoms with Gasteiger partial charge in [-0.25, -0.2) is 0 Å². The third-order valence-electron chi connectivity index (χ3n) is 3.94. The van der Waals surface area contributed by atoms with Crippen LogP contribution >= 0.6 is 11.8 Å². The van der Waals surface area contributed by atoms with Crippen molar-refractivity contribution in [3.8, 4) is 6.07 Å². The van der Waals surface area contributed by atoms with E-state index in [2.05, 4.69) is 10.6 Å². The fraction of sp³-hybridized carbons (Fsp3) is 0.200. The van der Waals surface area contributed by atoms with E-state index in [-0.39, 0.29) is 12.3 Å². The van der Waals surface area contributed by atoms with Crippen molar-refractivity contribution in [1.29, 1.82) is 5.26 Å². The monoisotopic (exact) mass is 395 g/mol. The zero-order valence-corrected chi connectivity index (χ0v) is 15.6. The predicted octanol–water partition coefficient (Wildman–Crippen LogP) is 2.74. The highest BCUT2D eigenvalue weighted by Gasteiger charge is 2.29. The molecule has 0 bridgehead atoms. The molecule has 28 heavy (non-hydrogen) atoms. The average molecular weight is 395 g/mol. The number of nitriles is 1. The van der Waals surface area contributed by atoms with E-state index in [1.165, 1.54) is 11.8 Å². The molecule has 3 rings (SSSR count). The summed E-state index contributed by atoms with van der Waals surface area (Å²) in [5.74, 6) is -1.36. The summed E-state index contributed by atoms with van der Waals surface area (Å²) < 4.78 is 4.99. The average Bonchev–Trinajstić information content (AvgIpc) is 2.69. The Balaban J connectivity index is 1.46. The summed E-state index contributed by atoms with van der Waals surface area (Å²) in [6.07, 6.45) is 0.171. The van der Waals surface area contributed by atoms with Gasteiger partial charge in [-0.2, -0.15) is 5.26 Å². The molecule has 0 saturated carbocycles. The standard InChI is InChI=1S/C20H17N3O4S/c21-10-9-13-5-7-14(8-6-13)22-18(24)12-27-19(25)11-17-20(26)23-15-3-1-2-4-16(15)28-17/h1-8,17H,9,11-12H2,(H,22,24)(H,23,26). The smallest absolute Gasteiger partial charge is 0.307 e. The first-order chi connectivity index (χ1) is 13.5. The summed E-state index contributed by atoms with van der Waals surface area (Å²) in [6.45, 7) is -0.436. The van der Waals surface area contributed by atoms with Crippen molar-refractivity contribution in [3.05, 3.63) is 54.1 Å². The molecule has 0 radical (unpaired) electrons. The summed E-state index contributed by atoms with van der Waals surface area (Å²) in [6, 6.07) is 16.2. The first-order valence-corrected chi connectivity index (χ1v) is 9.41. The van der Waals surface area contributed by atoms with Crippen molar-refractivity contribution in [2.24, 2.45) is 0 Å². The SMILES string of the molecule is N#CCc1ccc(NC(=O)COC(=O)CC2Sc3ccccc3NC2=O)cc1. The molecule has 2 N–H and O–H groups in total. The van der Waals surface area contributed by atoms with Gasteiger partial charge >= 0.3 is 5.97 Å². The molecular weight excluding hydrogens is 378 g/mol. The van der Waals surface area contributed by atoms with Crippen molar-refractivity contribution in [2.45, 2.75) is 23.0 Å². The molecule has 0 aliphatic carbocycles. The molecule has 1 unspecified atom stereocenters. The number of rotatable bonds is 6. The molecular formula is C20H17N3O4S. The number of hydrogen-bond donors (Lipinski definition) is 2. The maximum absolute atomic E-state index is 12.1. The van der Waals surface area contributed by atoms with Crippen molar-refractivity contribution >= 4 is 40.9 Å². The summed E-state index contributed by atoms with van der Waals surface area (Å²) in [7, 11) is 0. The third-order valence-corrected chi connectivity index (χ3v) is 5.22. The molecule has 1 atom stereocenters. The number of nitrogens with zero attached hydrogens (tertiary/aromatic N) is 1. The van der Waals surface area contributed by atoms with Crippen LogP contribution in [0.4, 0.5) is 11.4 Å². The maximum Gasteiger partial charge on any atom is 0.307 e. The zero-order valence-electron chi connectivity index (χ0n) is 14.8. The summed E-state index contributed by atoms with van der Waals surface area (Å²) in [4.78, 5) is 36.9. The van der Waals surface area contributed by atoms with Gasteiger partial charge in [-0.3, -0.25) is 14.4 Å². The minimum Gasteiger partial charge on any atom is -0.456 e. The van der Waals surface area contributed by atoms with Gasteiger partial charge in [-0.05, 0) is 29.8 Å². The quantitative estimate of drug-likeness (QED) is 0.728. The van der Waals surface area contributed by atoms with Crippen molar-refractivity contribution < 1.29 is 19.1 Å². The van der Waals surface area contributed by atoms with Crippen molar-refractivity contribution in [3.63, 3.8) is 0 Å². The van der Waals surface area contributed by atoms with Gasteiger partial charge < -0.3 is 15.4 Å². The Morgan fingerprint density at radius 1 is 1.18 bits per heavy atom. The third kappa shape index (κ3) is 5.11. The molecule has 1 aliphatic rings. The van der Waals surface area contributed by atoms with E-state index >= 15 is 0 Å².